The number of aliphatic carboxylic acids is 1. The summed E-state index contributed by atoms with van der Waals surface area (Å²) >= 11 is 1.77. The van der Waals surface area contributed by atoms with Crippen LogP contribution in [0, 0.1) is 5.82 Å². The number of carboxylic acid groups (broad SMARTS) is 1. The molecule has 1 saturated heterocycles. The van der Waals surface area contributed by atoms with Gasteiger partial charge >= 0.3 is 5.97 Å². The summed E-state index contributed by atoms with van der Waals surface area (Å²) in [5, 5.41) is 8.57. The second-order valence-electron chi connectivity index (χ2n) is 4.32. The molecule has 0 saturated carbocycles. The molecule has 0 radical (unpaired) electrons. The zero-order valence-corrected chi connectivity index (χ0v) is 11.5. The van der Waals surface area contributed by atoms with E-state index in [0.717, 1.165) is 17.6 Å². The summed E-state index contributed by atoms with van der Waals surface area (Å²) in [4.78, 5) is 24.3. The smallest absolute Gasteiger partial charge is 0.328 e. The van der Waals surface area contributed by atoms with Gasteiger partial charge in [-0.15, -0.1) is 0 Å². The number of rotatable bonds is 3. The Bertz CT molecular complexity index is 553. The molecule has 0 atom stereocenters. The molecular weight excluding hydrogens is 281 g/mol. The Balaban J connectivity index is 2.23. The molecule has 0 unspecified atom stereocenters. The Morgan fingerprint density at radius 1 is 1.30 bits per heavy atom. The Kier molecular flexibility index (Phi) is 4.79. The first kappa shape index (κ1) is 14.6. The van der Waals surface area contributed by atoms with E-state index in [1.807, 2.05) is 0 Å². The van der Waals surface area contributed by atoms with Crippen LogP contribution in [0.3, 0.4) is 0 Å². The third-order valence-electron chi connectivity index (χ3n) is 2.94. The van der Waals surface area contributed by atoms with Crippen molar-refractivity contribution >= 4 is 29.7 Å². The molecular formula is C14H14FNO3S. The average Bonchev–Trinajstić information content (AvgIpc) is 2.46. The van der Waals surface area contributed by atoms with Crippen LogP contribution in [0.1, 0.15) is 15.9 Å². The first-order chi connectivity index (χ1) is 9.58. The van der Waals surface area contributed by atoms with E-state index < -0.39 is 11.8 Å². The Morgan fingerprint density at radius 2 is 2.00 bits per heavy atom. The van der Waals surface area contributed by atoms with Crippen molar-refractivity contribution in [2.75, 3.05) is 24.6 Å². The molecule has 1 amide bonds. The van der Waals surface area contributed by atoms with Gasteiger partial charge < -0.3 is 10.0 Å². The van der Waals surface area contributed by atoms with E-state index in [1.54, 1.807) is 16.7 Å². The van der Waals surface area contributed by atoms with Crippen LogP contribution in [0.2, 0.25) is 0 Å². The molecule has 0 spiro atoms. The van der Waals surface area contributed by atoms with E-state index in [9.17, 15) is 14.0 Å². The summed E-state index contributed by atoms with van der Waals surface area (Å²) in [6.45, 7) is 1.22. The lowest BCUT2D eigenvalue weighted by Gasteiger charge is -2.26. The minimum Gasteiger partial charge on any atom is -0.478 e. The number of carbonyl (C=O) groups excluding carboxylic acids is 1. The van der Waals surface area contributed by atoms with Crippen molar-refractivity contribution in [2.24, 2.45) is 0 Å². The summed E-state index contributed by atoms with van der Waals surface area (Å²) in [6.07, 6.45) is 2.30. The fourth-order valence-electron chi connectivity index (χ4n) is 1.91. The highest BCUT2D eigenvalue weighted by Gasteiger charge is 2.21. The zero-order chi connectivity index (χ0) is 14.5. The second kappa shape index (κ2) is 6.56. The monoisotopic (exact) mass is 295 g/mol. The van der Waals surface area contributed by atoms with E-state index in [4.69, 9.17) is 5.11 Å². The van der Waals surface area contributed by atoms with Crippen LogP contribution in [0.25, 0.3) is 6.08 Å². The van der Waals surface area contributed by atoms with Gasteiger partial charge in [-0.05, 0) is 23.8 Å². The fraction of sp³-hybridized carbons (Fsp3) is 0.286. The Hall–Kier alpha value is -1.82. The van der Waals surface area contributed by atoms with E-state index in [0.29, 0.717) is 18.7 Å². The van der Waals surface area contributed by atoms with Gasteiger partial charge in [-0.2, -0.15) is 11.8 Å². The molecule has 1 heterocycles. The SMILES string of the molecule is O=C(O)C=Cc1ccc(F)c(C(=O)N2CCSCC2)c1. The molecule has 1 aromatic carbocycles. The molecule has 0 bridgehead atoms. The minimum atomic E-state index is -1.09. The summed E-state index contributed by atoms with van der Waals surface area (Å²) in [7, 11) is 0. The number of halogens is 1. The van der Waals surface area contributed by atoms with Crippen LogP contribution < -0.4 is 0 Å². The maximum atomic E-state index is 13.8. The van der Waals surface area contributed by atoms with Crippen molar-refractivity contribution in [1.82, 2.24) is 4.90 Å². The maximum Gasteiger partial charge on any atom is 0.328 e. The standard InChI is InChI=1S/C14H14FNO3S/c15-12-3-1-10(2-4-13(17)18)9-11(12)14(19)16-5-7-20-8-6-16/h1-4,9H,5-8H2,(H,17,18). The number of hydrogen-bond donors (Lipinski definition) is 1. The number of thioether (sulfide) groups is 1. The number of benzene rings is 1. The van der Waals surface area contributed by atoms with Crippen molar-refractivity contribution in [1.29, 1.82) is 0 Å². The van der Waals surface area contributed by atoms with Gasteiger partial charge in [0.2, 0.25) is 0 Å². The van der Waals surface area contributed by atoms with Gasteiger partial charge in [-0.3, -0.25) is 4.79 Å². The predicted octanol–water partition coefficient (Wildman–Crippen LogP) is 2.11. The largest absolute Gasteiger partial charge is 0.478 e. The van der Waals surface area contributed by atoms with Crippen LogP contribution in [0.4, 0.5) is 4.39 Å². The number of amides is 1. The van der Waals surface area contributed by atoms with E-state index in [1.165, 1.54) is 24.3 Å². The van der Waals surface area contributed by atoms with Gasteiger partial charge in [-0.25, -0.2) is 9.18 Å². The quantitative estimate of drug-likeness (QED) is 0.868. The third kappa shape index (κ3) is 3.60. The maximum absolute atomic E-state index is 13.8. The predicted molar refractivity (Wildman–Crippen MR) is 76.3 cm³/mol. The van der Waals surface area contributed by atoms with E-state index >= 15 is 0 Å². The summed E-state index contributed by atoms with van der Waals surface area (Å²) in [6, 6.07) is 4.02. The molecule has 1 aromatic rings. The molecule has 1 fully saturated rings. The van der Waals surface area contributed by atoms with Crippen molar-refractivity contribution < 1.29 is 19.1 Å². The van der Waals surface area contributed by atoms with Crippen LogP contribution in [0.5, 0.6) is 0 Å². The molecule has 106 valence electrons. The van der Waals surface area contributed by atoms with E-state index in [-0.39, 0.29) is 11.5 Å². The lowest BCUT2D eigenvalue weighted by Crippen LogP contribution is -2.38. The van der Waals surface area contributed by atoms with Crippen molar-refractivity contribution in [3.05, 3.63) is 41.2 Å². The second-order valence-corrected chi connectivity index (χ2v) is 5.54. The molecule has 6 heteroatoms. The lowest BCUT2D eigenvalue weighted by atomic mass is 10.1. The van der Waals surface area contributed by atoms with Crippen LogP contribution in [0.15, 0.2) is 24.3 Å². The van der Waals surface area contributed by atoms with Gasteiger partial charge in [0.15, 0.2) is 0 Å². The number of nitrogens with zero attached hydrogens (tertiary/aromatic N) is 1. The molecule has 1 aliphatic rings. The van der Waals surface area contributed by atoms with Crippen LogP contribution >= 0.6 is 11.8 Å². The van der Waals surface area contributed by atoms with Crippen molar-refractivity contribution in [2.45, 2.75) is 0 Å². The normalized spacial score (nSPS) is 15.6. The molecule has 2 rings (SSSR count). The fourth-order valence-corrected chi connectivity index (χ4v) is 2.82. The van der Waals surface area contributed by atoms with Gasteiger partial charge in [0, 0.05) is 30.7 Å². The molecule has 4 nitrogen and oxygen atoms in total. The highest BCUT2D eigenvalue weighted by atomic mass is 32.2. The summed E-state index contributed by atoms with van der Waals surface area (Å²) in [5.41, 5.74) is 0.480. The Labute approximate surface area is 120 Å². The number of carbonyl (C=O) groups is 2. The first-order valence-electron chi connectivity index (χ1n) is 6.15. The Morgan fingerprint density at radius 3 is 2.65 bits per heavy atom. The van der Waals surface area contributed by atoms with Crippen LogP contribution in [-0.2, 0) is 4.79 Å². The number of carboxylic acids is 1. The van der Waals surface area contributed by atoms with Gasteiger partial charge in [0.05, 0.1) is 5.56 Å². The van der Waals surface area contributed by atoms with Gasteiger partial charge in [0.25, 0.3) is 5.91 Å². The van der Waals surface area contributed by atoms with Gasteiger partial charge in [-0.1, -0.05) is 6.07 Å². The van der Waals surface area contributed by atoms with Crippen molar-refractivity contribution in [3.8, 4) is 0 Å². The van der Waals surface area contributed by atoms with E-state index in [2.05, 4.69) is 0 Å². The van der Waals surface area contributed by atoms with Crippen molar-refractivity contribution in [3.63, 3.8) is 0 Å². The molecule has 0 aliphatic carbocycles. The summed E-state index contributed by atoms with van der Waals surface area (Å²) < 4.78 is 13.8. The molecule has 1 N–H and O–H groups in total. The zero-order valence-electron chi connectivity index (χ0n) is 10.7. The number of hydrogen-bond acceptors (Lipinski definition) is 3. The summed E-state index contributed by atoms with van der Waals surface area (Å²) in [5.74, 6) is -0.304. The lowest BCUT2D eigenvalue weighted by molar-refractivity contribution is -0.131. The molecule has 0 aromatic heterocycles. The molecule has 1 aliphatic heterocycles. The highest BCUT2D eigenvalue weighted by Crippen LogP contribution is 2.17. The third-order valence-corrected chi connectivity index (χ3v) is 3.88. The first-order valence-corrected chi connectivity index (χ1v) is 7.31. The highest BCUT2D eigenvalue weighted by molar-refractivity contribution is 7.99. The molecule has 20 heavy (non-hydrogen) atoms. The minimum absolute atomic E-state index is 0.00978. The van der Waals surface area contributed by atoms with Gasteiger partial charge in [0.1, 0.15) is 5.82 Å². The topological polar surface area (TPSA) is 57.6 Å². The van der Waals surface area contributed by atoms with Crippen LogP contribution in [-0.4, -0.2) is 46.5 Å². The average molecular weight is 295 g/mol.